The van der Waals surface area contributed by atoms with Crippen molar-refractivity contribution in [1.82, 2.24) is 10.2 Å². The zero-order valence-electron chi connectivity index (χ0n) is 11.2. The highest BCUT2D eigenvalue weighted by atomic mass is 79.9. The molecule has 4 nitrogen and oxygen atoms in total. The van der Waals surface area contributed by atoms with Crippen LogP contribution in [0.15, 0.2) is 22.7 Å². The first-order valence-corrected chi connectivity index (χ1v) is 7.44. The molecule has 1 heterocycles. The third-order valence-corrected chi connectivity index (χ3v) is 4.09. The number of likely N-dealkylation sites (tertiary alicyclic amines) is 1. The number of carbonyl (C=O) groups excluding carboxylic acids is 1. The molecule has 1 aliphatic heterocycles. The van der Waals surface area contributed by atoms with E-state index in [1.54, 1.807) is 18.2 Å². The second-order valence-corrected chi connectivity index (χ2v) is 5.97. The van der Waals surface area contributed by atoms with Crippen LogP contribution in [0.1, 0.15) is 30.1 Å². The molecule has 1 aromatic rings. The zero-order chi connectivity index (χ0) is 13.8. The Morgan fingerprint density at radius 1 is 1.47 bits per heavy atom. The molecule has 0 bridgehead atoms. The number of hydrogen-bond acceptors (Lipinski definition) is 3. The molecule has 1 unspecified atom stereocenters. The minimum absolute atomic E-state index is 0.0640. The van der Waals surface area contributed by atoms with Crippen molar-refractivity contribution in [3.63, 3.8) is 0 Å². The predicted molar refractivity (Wildman–Crippen MR) is 81.2 cm³/mol. The highest BCUT2D eigenvalue weighted by molar-refractivity contribution is 9.10. The molecule has 1 atom stereocenters. The molecule has 3 N–H and O–H groups in total. The van der Waals surface area contributed by atoms with Gasteiger partial charge in [-0.2, -0.15) is 0 Å². The Morgan fingerprint density at radius 3 is 2.79 bits per heavy atom. The lowest BCUT2D eigenvalue weighted by Crippen LogP contribution is -2.41. The van der Waals surface area contributed by atoms with Crippen LogP contribution in [0.3, 0.4) is 0 Å². The van der Waals surface area contributed by atoms with Gasteiger partial charge in [-0.05, 0) is 67.0 Å². The predicted octanol–water partition coefficient (Wildman–Crippen LogP) is 2.25. The highest BCUT2D eigenvalue weighted by Crippen LogP contribution is 2.20. The molecule has 1 fully saturated rings. The number of halogens is 1. The number of nitrogen functional groups attached to an aromatic ring is 1. The van der Waals surface area contributed by atoms with E-state index in [0.717, 1.165) is 24.1 Å². The summed E-state index contributed by atoms with van der Waals surface area (Å²) in [5.41, 5.74) is 6.97. The fraction of sp³-hybridized carbons (Fsp3) is 0.500. The van der Waals surface area contributed by atoms with Crippen LogP contribution < -0.4 is 11.1 Å². The van der Waals surface area contributed by atoms with E-state index < -0.39 is 0 Å². The summed E-state index contributed by atoms with van der Waals surface area (Å²) < 4.78 is 0.814. The maximum absolute atomic E-state index is 12.1. The van der Waals surface area contributed by atoms with Gasteiger partial charge in [0, 0.05) is 28.3 Å². The van der Waals surface area contributed by atoms with E-state index in [2.05, 4.69) is 26.1 Å². The molecule has 2 rings (SSSR count). The molecule has 1 aromatic carbocycles. The standard InChI is InChI=1S/C14H20BrN3O/c1-10(9-18-6-2-3-7-18)17-14(19)11-4-5-12(15)13(16)8-11/h4-5,8,10H,2-3,6-7,9,16H2,1H3,(H,17,19). The number of anilines is 1. The van der Waals surface area contributed by atoms with Gasteiger partial charge in [-0.25, -0.2) is 0 Å². The van der Waals surface area contributed by atoms with Gasteiger partial charge in [-0.1, -0.05) is 0 Å². The topological polar surface area (TPSA) is 58.4 Å². The van der Waals surface area contributed by atoms with E-state index in [0.29, 0.717) is 11.3 Å². The maximum atomic E-state index is 12.1. The molecular weight excluding hydrogens is 306 g/mol. The van der Waals surface area contributed by atoms with Gasteiger partial charge in [-0.3, -0.25) is 4.79 Å². The van der Waals surface area contributed by atoms with Gasteiger partial charge in [0.1, 0.15) is 0 Å². The van der Waals surface area contributed by atoms with E-state index in [9.17, 15) is 4.79 Å². The number of hydrogen-bond donors (Lipinski definition) is 2. The summed E-state index contributed by atoms with van der Waals surface area (Å²) in [5, 5.41) is 3.02. The lowest BCUT2D eigenvalue weighted by molar-refractivity contribution is 0.0932. The molecule has 19 heavy (non-hydrogen) atoms. The number of amides is 1. The van der Waals surface area contributed by atoms with E-state index >= 15 is 0 Å². The van der Waals surface area contributed by atoms with E-state index in [-0.39, 0.29) is 11.9 Å². The molecule has 0 saturated carbocycles. The summed E-state index contributed by atoms with van der Waals surface area (Å²) in [6.45, 7) is 5.24. The Hall–Kier alpha value is -1.07. The van der Waals surface area contributed by atoms with Crippen molar-refractivity contribution in [2.45, 2.75) is 25.8 Å². The van der Waals surface area contributed by atoms with Crippen LogP contribution in [0.5, 0.6) is 0 Å². The Balaban J connectivity index is 1.90. The van der Waals surface area contributed by atoms with Crippen molar-refractivity contribution >= 4 is 27.5 Å². The third kappa shape index (κ3) is 3.94. The van der Waals surface area contributed by atoms with Crippen LogP contribution in [-0.2, 0) is 0 Å². The van der Waals surface area contributed by atoms with Crippen molar-refractivity contribution in [3.05, 3.63) is 28.2 Å². The minimum Gasteiger partial charge on any atom is -0.398 e. The Labute approximate surface area is 122 Å². The first kappa shape index (κ1) is 14.3. The minimum atomic E-state index is -0.0640. The number of benzene rings is 1. The van der Waals surface area contributed by atoms with Crippen molar-refractivity contribution in [2.24, 2.45) is 0 Å². The van der Waals surface area contributed by atoms with Crippen LogP contribution in [0.25, 0.3) is 0 Å². The lowest BCUT2D eigenvalue weighted by Gasteiger charge is -2.21. The highest BCUT2D eigenvalue weighted by Gasteiger charge is 2.16. The van der Waals surface area contributed by atoms with Crippen molar-refractivity contribution < 1.29 is 4.79 Å². The number of nitrogens with one attached hydrogen (secondary N) is 1. The largest absolute Gasteiger partial charge is 0.398 e. The SMILES string of the molecule is CC(CN1CCCC1)NC(=O)c1ccc(Br)c(N)c1. The van der Waals surface area contributed by atoms with Gasteiger partial charge in [-0.15, -0.1) is 0 Å². The third-order valence-electron chi connectivity index (χ3n) is 3.37. The summed E-state index contributed by atoms with van der Waals surface area (Å²) in [7, 11) is 0. The van der Waals surface area contributed by atoms with Gasteiger partial charge in [0.15, 0.2) is 0 Å². The molecular formula is C14H20BrN3O. The van der Waals surface area contributed by atoms with E-state index in [1.165, 1.54) is 12.8 Å². The van der Waals surface area contributed by atoms with Crippen LogP contribution in [-0.4, -0.2) is 36.5 Å². The van der Waals surface area contributed by atoms with Crippen LogP contribution in [0, 0.1) is 0 Å². The Morgan fingerprint density at radius 2 is 2.16 bits per heavy atom. The average molecular weight is 326 g/mol. The molecule has 104 valence electrons. The first-order chi connectivity index (χ1) is 9.06. The summed E-state index contributed by atoms with van der Waals surface area (Å²) in [6, 6.07) is 5.42. The van der Waals surface area contributed by atoms with Crippen LogP contribution in [0.4, 0.5) is 5.69 Å². The van der Waals surface area contributed by atoms with Crippen molar-refractivity contribution in [1.29, 1.82) is 0 Å². The fourth-order valence-electron chi connectivity index (χ4n) is 2.39. The molecule has 0 aliphatic carbocycles. The normalized spacial score (nSPS) is 17.4. The van der Waals surface area contributed by atoms with E-state index in [1.807, 2.05) is 6.92 Å². The quantitative estimate of drug-likeness (QED) is 0.835. The monoisotopic (exact) mass is 325 g/mol. The van der Waals surface area contributed by atoms with Gasteiger partial charge in [0.2, 0.25) is 0 Å². The summed E-state index contributed by atoms with van der Waals surface area (Å²) >= 11 is 3.32. The molecule has 0 aromatic heterocycles. The molecule has 1 amide bonds. The van der Waals surface area contributed by atoms with Gasteiger partial charge in [0.25, 0.3) is 5.91 Å². The second-order valence-electron chi connectivity index (χ2n) is 5.12. The smallest absolute Gasteiger partial charge is 0.251 e. The first-order valence-electron chi connectivity index (χ1n) is 6.64. The Bertz CT molecular complexity index is 458. The van der Waals surface area contributed by atoms with Gasteiger partial charge < -0.3 is 16.0 Å². The van der Waals surface area contributed by atoms with Crippen LogP contribution in [0.2, 0.25) is 0 Å². The molecule has 5 heteroatoms. The van der Waals surface area contributed by atoms with Gasteiger partial charge >= 0.3 is 0 Å². The van der Waals surface area contributed by atoms with Crippen LogP contribution >= 0.6 is 15.9 Å². The fourth-order valence-corrected chi connectivity index (χ4v) is 2.64. The molecule has 0 spiro atoms. The summed E-state index contributed by atoms with van der Waals surface area (Å²) in [6.07, 6.45) is 2.54. The number of nitrogens with zero attached hydrogens (tertiary/aromatic N) is 1. The second kappa shape index (κ2) is 6.39. The number of rotatable bonds is 4. The van der Waals surface area contributed by atoms with Crippen molar-refractivity contribution in [2.75, 3.05) is 25.4 Å². The van der Waals surface area contributed by atoms with Gasteiger partial charge in [0.05, 0.1) is 0 Å². The molecule has 1 aliphatic rings. The maximum Gasteiger partial charge on any atom is 0.251 e. The number of nitrogens with two attached hydrogens (primary N) is 1. The lowest BCUT2D eigenvalue weighted by atomic mass is 10.2. The Kier molecular flexibility index (Phi) is 4.82. The van der Waals surface area contributed by atoms with Crippen molar-refractivity contribution in [3.8, 4) is 0 Å². The molecule has 1 saturated heterocycles. The zero-order valence-corrected chi connectivity index (χ0v) is 12.7. The molecule has 0 radical (unpaired) electrons. The summed E-state index contributed by atoms with van der Waals surface area (Å²) in [5.74, 6) is -0.0640. The van der Waals surface area contributed by atoms with E-state index in [4.69, 9.17) is 5.73 Å². The average Bonchev–Trinajstić information content (AvgIpc) is 2.85. The number of carbonyl (C=O) groups is 1. The summed E-state index contributed by atoms with van der Waals surface area (Å²) in [4.78, 5) is 14.5.